The molecule has 6 atom stereocenters. The Balaban J connectivity index is 1.84. The summed E-state index contributed by atoms with van der Waals surface area (Å²) in [4.78, 5) is 46.0. The molecule has 0 amide bonds. The van der Waals surface area contributed by atoms with E-state index in [-0.39, 0.29) is 17.0 Å². The topological polar surface area (TPSA) is 259 Å². The quantitative estimate of drug-likeness (QED) is 0.204. The fourth-order valence-corrected chi connectivity index (χ4v) is 5.99. The van der Waals surface area contributed by atoms with Crippen molar-refractivity contribution in [2.24, 2.45) is 0 Å². The molecule has 0 bridgehead atoms. The van der Waals surface area contributed by atoms with Crippen LogP contribution in [0.15, 0.2) is 12.7 Å². The lowest BCUT2D eigenvalue weighted by atomic mass is 10.0. The number of alkyl halides is 1. The van der Waals surface area contributed by atoms with Crippen LogP contribution in [0.3, 0.4) is 0 Å². The molecule has 1 fully saturated rings. The van der Waals surface area contributed by atoms with E-state index in [0.29, 0.717) is 0 Å². The summed E-state index contributed by atoms with van der Waals surface area (Å²) < 4.78 is 52.5. The molecule has 3 heterocycles. The number of aromatic nitrogens is 4. The average molecular weight is 526 g/mol. The van der Waals surface area contributed by atoms with Gasteiger partial charge in [-0.05, 0) is 6.92 Å². The number of hydrogen-bond acceptors (Lipinski definition) is 12. The standard InChI is InChI=1S/C10H15ClN5O12P3/c1-10(11)5(17)8(26-30(21,22)28-31(23,24)27-29(18,19)20)25-9(10)16-3-15-4-6(12)13-2-14-7(4)16/h2-3,5,8-9,17H,1H3,(H,21,22)(H,23,24)(H2,12,13,14)(H2,18,19,20)/t5-,8?,9-,10-/m1/s1. The third kappa shape index (κ3) is 5.31. The summed E-state index contributed by atoms with van der Waals surface area (Å²) in [6.07, 6.45) is -2.85. The Labute approximate surface area is 177 Å². The number of ether oxygens (including phenoxy) is 1. The number of phosphoric ester groups is 1. The van der Waals surface area contributed by atoms with E-state index in [9.17, 15) is 28.6 Å². The van der Waals surface area contributed by atoms with Gasteiger partial charge in [0.2, 0.25) is 0 Å². The molecule has 0 radical (unpaired) electrons. The Hall–Kier alpha value is -1.03. The number of aliphatic hydroxyl groups excluding tert-OH is 1. The zero-order chi connectivity index (χ0) is 23.4. The van der Waals surface area contributed by atoms with Gasteiger partial charge in [-0.3, -0.25) is 9.09 Å². The van der Waals surface area contributed by atoms with E-state index < -0.39 is 47.0 Å². The second-order valence-corrected chi connectivity index (χ2v) is 11.4. The molecule has 3 rings (SSSR count). The fraction of sp³-hybridized carbons (Fsp3) is 0.500. The van der Waals surface area contributed by atoms with Crippen LogP contribution >= 0.6 is 35.1 Å². The van der Waals surface area contributed by atoms with Crippen molar-refractivity contribution in [1.29, 1.82) is 0 Å². The van der Waals surface area contributed by atoms with Crippen LogP contribution in [0.2, 0.25) is 0 Å². The van der Waals surface area contributed by atoms with E-state index in [1.807, 2.05) is 0 Å². The van der Waals surface area contributed by atoms with Gasteiger partial charge in [0.15, 0.2) is 24.0 Å². The largest absolute Gasteiger partial charge is 0.490 e. The van der Waals surface area contributed by atoms with Gasteiger partial charge in [-0.1, -0.05) is 0 Å². The van der Waals surface area contributed by atoms with Crippen molar-refractivity contribution in [2.45, 2.75) is 30.4 Å². The van der Waals surface area contributed by atoms with E-state index in [1.54, 1.807) is 0 Å². The highest BCUT2D eigenvalue weighted by atomic mass is 35.5. The van der Waals surface area contributed by atoms with Gasteiger partial charge in [0.1, 0.15) is 22.8 Å². The summed E-state index contributed by atoms with van der Waals surface area (Å²) in [5.74, 6) is 0.0309. The highest BCUT2D eigenvalue weighted by Gasteiger charge is 2.57. The van der Waals surface area contributed by atoms with Gasteiger partial charge in [0.05, 0.1) is 6.33 Å². The smallest absolute Gasteiger partial charge is 0.386 e. The van der Waals surface area contributed by atoms with E-state index >= 15 is 0 Å². The summed E-state index contributed by atoms with van der Waals surface area (Å²) in [7, 11) is -16.9. The minimum absolute atomic E-state index is 0.0309. The average Bonchev–Trinajstić information content (AvgIpc) is 3.06. The maximum absolute atomic E-state index is 12.0. The van der Waals surface area contributed by atoms with Gasteiger partial charge >= 0.3 is 23.5 Å². The molecule has 2 aromatic heterocycles. The Bertz CT molecular complexity index is 1140. The van der Waals surface area contributed by atoms with E-state index in [2.05, 4.69) is 28.1 Å². The van der Waals surface area contributed by atoms with Gasteiger partial charge in [0, 0.05) is 0 Å². The lowest BCUT2D eigenvalue weighted by Gasteiger charge is -2.25. The van der Waals surface area contributed by atoms with Crippen molar-refractivity contribution in [3.8, 4) is 0 Å². The number of anilines is 1. The second kappa shape index (κ2) is 8.08. The molecular formula is C10H15ClN5O12P3. The second-order valence-electron chi connectivity index (χ2n) is 6.23. The number of nitrogen functional groups attached to an aromatic ring is 1. The molecule has 2 aromatic rings. The summed E-state index contributed by atoms with van der Waals surface area (Å²) in [6.45, 7) is 1.28. The number of hydrogen-bond donors (Lipinski definition) is 6. The Morgan fingerprint density at radius 2 is 1.81 bits per heavy atom. The van der Waals surface area contributed by atoms with Crippen molar-refractivity contribution in [1.82, 2.24) is 19.5 Å². The number of rotatable bonds is 7. The van der Waals surface area contributed by atoms with Crippen LogP contribution in [-0.4, -0.2) is 61.5 Å². The lowest BCUT2D eigenvalue weighted by molar-refractivity contribution is -0.133. The first-order valence-corrected chi connectivity index (χ1v) is 12.7. The SMILES string of the molecule is C[C@@]1(Cl)[C@H](O)C(OP(=O)(O)OP(=O)(O)OP(=O)(O)O)O[C@H]1n1cnc2c(N)ncnc21. The number of halogens is 1. The van der Waals surface area contributed by atoms with Gasteiger partial charge < -0.3 is 35.2 Å². The van der Waals surface area contributed by atoms with Crippen LogP contribution in [0.5, 0.6) is 0 Å². The maximum Gasteiger partial charge on any atom is 0.490 e. The summed E-state index contributed by atoms with van der Waals surface area (Å²) in [6, 6.07) is 0. The maximum atomic E-state index is 12.0. The first-order valence-electron chi connectivity index (χ1n) is 7.80. The van der Waals surface area contributed by atoms with Crippen LogP contribution in [0.25, 0.3) is 11.2 Å². The molecule has 174 valence electrons. The van der Waals surface area contributed by atoms with Crippen LogP contribution in [0.1, 0.15) is 13.2 Å². The third-order valence-corrected chi connectivity index (χ3v) is 8.09. The van der Waals surface area contributed by atoms with Crippen molar-refractivity contribution in [2.75, 3.05) is 5.73 Å². The Morgan fingerprint density at radius 1 is 1.16 bits per heavy atom. The van der Waals surface area contributed by atoms with Crippen LogP contribution in [0, 0.1) is 0 Å². The molecule has 0 aromatic carbocycles. The third-order valence-electron chi connectivity index (χ3n) is 3.87. The summed E-state index contributed by atoms with van der Waals surface area (Å²) in [5.41, 5.74) is 6.00. The first kappa shape index (κ1) is 24.6. The lowest BCUT2D eigenvalue weighted by Crippen LogP contribution is -2.39. The molecular weight excluding hydrogens is 511 g/mol. The molecule has 0 saturated carbocycles. The van der Waals surface area contributed by atoms with E-state index in [0.717, 1.165) is 6.33 Å². The number of nitrogens with two attached hydrogens (primary N) is 1. The number of phosphoric acid groups is 3. The molecule has 1 saturated heterocycles. The molecule has 3 unspecified atom stereocenters. The minimum atomic E-state index is -5.76. The zero-order valence-electron chi connectivity index (χ0n) is 15.1. The minimum Gasteiger partial charge on any atom is -0.386 e. The van der Waals surface area contributed by atoms with E-state index in [1.165, 1.54) is 17.8 Å². The van der Waals surface area contributed by atoms with Crippen molar-refractivity contribution in [3.63, 3.8) is 0 Å². The molecule has 0 aliphatic carbocycles. The Kier molecular flexibility index (Phi) is 6.41. The highest BCUT2D eigenvalue weighted by Crippen LogP contribution is 2.67. The number of imidazole rings is 1. The number of nitrogens with zero attached hydrogens (tertiary/aromatic N) is 4. The fourth-order valence-electron chi connectivity index (χ4n) is 2.64. The van der Waals surface area contributed by atoms with Gasteiger partial charge in [-0.15, -0.1) is 11.6 Å². The van der Waals surface area contributed by atoms with Gasteiger partial charge in [-0.25, -0.2) is 28.6 Å². The zero-order valence-corrected chi connectivity index (χ0v) is 18.5. The predicted octanol–water partition coefficient (Wildman–Crippen LogP) is -0.0349. The normalized spacial score (nSPS) is 30.9. The number of fused-ring (bicyclic) bond motifs is 1. The molecule has 31 heavy (non-hydrogen) atoms. The van der Waals surface area contributed by atoms with Crippen LogP contribution in [0.4, 0.5) is 5.82 Å². The van der Waals surface area contributed by atoms with Gasteiger partial charge in [-0.2, -0.15) is 8.62 Å². The predicted molar refractivity (Wildman–Crippen MR) is 98.9 cm³/mol. The van der Waals surface area contributed by atoms with Crippen LogP contribution in [-0.2, 0) is 31.6 Å². The van der Waals surface area contributed by atoms with Gasteiger partial charge in [0.25, 0.3) is 0 Å². The molecule has 0 spiro atoms. The summed E-state index contributed by atoms with van der Waals surface area (Å²) in [5, 5.41) is 10.4. The molecule has 21 heteroatoms. The van der Waals surface area contributed by atoms with Crippen molar-refractivity contribution >= 4 is 52.1 Å². The highest BCUT2D eigenvalue weighted by molar-refractivity contribution is 7.66. The Morgan fingerprint density at radius 3 is 2.42 bits per heavy atom. The van der Waals surface area contributed by atoms with Crippen molar-refractivity contribution in [3.05, 3.63) is 12.7 Å². The monoisotopic (exact) mass is 525 g/mol. The first-order chi connectivity index (χ1) is 14.0. The molecule has 1 aliphatic heterocycles. The van der Waals surface area contributed by atoms with Crippen LogP contribution < -0.4 is 5.73 Å². The molecule has 7 N–H and O–H groups in total. The van der Waals surface area contributed by atoms with Crippen molar-refractivity contribution < 1.29 is 56.3 Å². The number of aliphatic hydroxyl groups is 1. The van der Waals surface area contributed by atoms with E-state index in [4.69, 9.17) is 31.9 Å². The summed E-state index contributed by atoms with van der Waals surface area (Å²) >= 11 is 6.34. The molecule has 1 aliphatic rings. The molecule has 17 nitrogen and oxygen atoms in total.